The van der Waals surface area contributed by atoms with E-state index in [0.717, 1.165) is 18.4 Å². The SMILES string of the molecule is CC[C@H](C)[C@@H]([C@@H](CC(=O)N1CCCC1[C@H](OC)[C@@H](C)C(=O)NC(Cc1ccccc1)C(=O)OC)OC)N(C)C(=O)C(N=C(N(C)C)N(C)C)C(C)C. The summed E-state index contributed by atoms with van der Waals surface area (Å²) < 4.78 is 17.0. The molecular formula is C39H66N6O7. The third kappa shape index (κ3) is 11.6. The smallest absolute Gasteiger partial charge is 0.328 e. The molecule has 1 aromatic carbocycles. The number of likely N-dealkylation sites (N-methyl/N-ethyl adjacent to an activating group) is 1. The van der Waals surface area contributed by atoms with E-state index in [2.05, 4.69) is 19.2 Å². The molecule has 1 heterocycles. The Morgan fingerprint density at radius 1 is 0.942 bits per heavy atom. The van der Waals surface area contributed by atoms with Crippen molar-refractivity contribution >= 4 is 29.7 Å². The first-order chi connectivity index (χ1) is 24.5. The quantitative estimate of drug-likeness (QED) is 0.137. The second-order valence-electron chi connectivity index (χ2n) is 14.8. The van der Waals surface area contributed by atoms with Gasteiger partial charge in [0.2, 0.25) is 17.7 Å². The monoisotopic (exact) mass is 730 g/mol. The van der Waals surface area contributed by atoms with E-state index in [1.807, 2.05) is 82.2 Å². The molecule has 0 saturated carbocycles. The summed E-state index contributed by atoms with van der Waals surface area (Å²) >= 11 is 0. The molecule has 3 unspecified atom stereocenters. The summed E-state index contributed by atoms with van der Waals surface area (Å²) in [6.07, 6.45) is 1.30. The van der Waals surface area contributed by atoms with Crippen molar-refractivity contribution in [3.63, 3.8) is 0 Å². The third-order valence-corrected chi connectivity index (χ3v) is 10.3. The highest BCUT2D eigenvalue weighted by Crippen LogP contribution is 2.30. The van der Waals surface area contributed by atoms with Crippen LogP contribution in [0.1, 0.15) is 65.9 Å². The van der Waals surface area contributed by atoms with Crippen molar-refractivity contribution in [2.45, 2.75) is 103 Å². The number of ether oxygens (including phenoxy) is 3. The molecule has 1 saturated heterocycles. The van der Waals surface area contributed by atoms with Gasteiger partial charge in [-0.1, -0.05) is 71.4 Å². The predicted octanol–water partition coefficient (Wildman–Crippen LogP) is 3.31. The molecule has 0 spiro atoms. The summed E-state index contributed by atoms with van der Waals surface area (Å²) in [6, 6.07) is 7.15. The number of rotatable bonds is 18. The van der Waals surface area contributed by atoms with Gasteiger partial charge in [0.1, 0.15) is 12.1 Å². The summed E-state index contributed by atoms with van der Waals surface area (Å²) in [7, 11) is 13.8. The van der Waals surface area contributed by atoms with E-state index >= 15 is 0 Å². The Hall–Kier alpha value is -3.71. The number of amides is 3. The maximum absolute atomic E-state index is 14.2. The van der Waals surface area contributed by atoms with Crippen LogP contribution in [0, 0.1) is 17.8 Å². The molecule has 8 atom stereocenters. The van der Waals surface area contributed by atoms with Crippen LogP contribution in [0.5, 0.6) is 0 Å². The van der Waals surface area contributed by atoms with Crippen LogP contribution in [0.15, 0.2) is 35.3 Å². The molecule has 2 rings (SSSR count). The Labute approximate surface area is 312 Å². The van der Waals surface area contributed by atoms with E-state index < -0.39 is 42.2 Å². The highest BCUT2D eigenvalue weighted by molar-refractivity contribution is 5.88. The molecule has 0 aromatic heterocycles. The topological polar surface area (TPSA) is 133 Å². The fourth-order valence-corrected chi connectivity index (χ4v) is 7.25. The summed E-state index contributed by atoms with van der Waals surface area (Å²) in [5.41, 5.74) is 0.886. The molecular weight excluding hydrogens is 664 g/mol. The van der Waals surface area contributed by atoms with Crippen LogP contribution < -0.4 is 5.32 Å². The molecule has 52 heavy (non-hydrogen) atoms. The summed E-state index contributed by atoms with van der Waals surface area (Å²) in [6.45, 7) is 10.4. The molecule has 13 heteroatoms. The molecule has 0 radical (unpaired) electrons. The molecule has 13 nitrogen and oxygen atoms in total. The van der Waals surface area contributed by atoms with E-state index in [0.29, 0.717) is 18.9 Å². The van der Waals surface area contributed by atoms with Crippen molar-refractivity contribution in [3.05, 3.63) is 35.9 Å². The predicted molar refractivity (Wildman–Crippen MR) is 204 cm³/mol. The standard InChI is InChI=1S/C39H66N6O7/c1-14-26(4)34(44(10)37(48)33(25(2)3)41-39(42(6)7)43(8)9)31(50-11)24-32(46)45-22-18-21-30(45)35(51-12)27(5)36(47)40-29(38(49)52-13)23-28-19-16-15-17-20-28/h15-17,19-20,25-27,29-31,33-35H,14,18,21-24H2,1-13H3,(H,40,47)/t26-,27+,29?,30?,31+,33?,34-,35+/m0/s1. The number of aliphatic imine (C=N–C) groups is 1. The molecule has 0 aliphatic carbocycles. The van der Waals surface area contributed by atoms with Gasteiger partial charge in [0.15, 0.2) is 5.96 Å². The van der Waals surface area contributed by atoms with Crippen LogP contribution in [0.25, 0.3) is 0 Å². The Morgan fingerprint density at radius 2 is 1.56 bits per heavy atom. The van der Waals surface area contributed by atoms with Gasteiger partial charge in [-0.15, -0.1) is 0 Å². The number of likely N-dealkylation sites (tertiary alicyclic amines) is 1. The first-order valence-corrected chi connectivity index (χ1v) is 18.5. The average Bonchev–Trinajstić information content (AvgIpc) is 3.60. The van der Waals surface area contributed by atoms with Crippen molar-refractivity contribution in [1.82, 2.24) is 24.9 Å². The Bertz CT molecular complexity index is 1310. The van der Waals surface area contributed by atoms with Gasteiger partial charge in [-0.05, 0) is 30.2 Å². The lowest BCUT2D eigenvalue weighted by atomic mass is 9.89. The summed E-state index contributed by atoms with van der Waals surface area (Å²) in [5, 5.41) is 2.87. The number of carbonyl (C=O) groups is 4. The van der Waals surface area contributed by atoms with Crippen molar-refractivity contribution in [1.29, 1.82) is 0 Å². The Morgan fingerprint density at radius 3 is 2.06 bits per heavy atom. The van der Waals surface area contributed by atoms with E-state index in [9.17, 15) is 19.2 Å². The average molecular weight is 731 g/mol. The van der Waals surface area contributed by atoms with E-state index in [1.165, 1.54) is 7.11 Å². The molecule has 3 amide bonds. The number of hydrogen-bond donors (Lipinski definition) is 1. The maximum atomic E-state index is 14.2. The zero-order valence-electron chi connectivity index (χ0n) is 33.9. The fraction of sp³-hybridized carbons (Fsp3) is 0.718. The number of guanidine groups is 1. The molecule has 1 aliphatic heterocycles. The van der Waals surface area contributed by atoms with Gasteiger partial charge in [-0.2, -0.15) is 0 Å². The number of carbonyl (C=O) groups excluding carboxylic acids is 4. The largest absolute Gasteiger partial charge is 0.467 e. The number of nitrogens with zero attached hydrogens (tertiary/aromatic N) is 5. The van der Waals surface area contributed by atoms with Gasteiger partial charge < -0.3 is 39.1 Å². The van der Waals surface area contributed by atoms with Crippen LogP contribution in [-0.4, -0.2) is 149 Å². The lowest BCUT2D eigenvalue weighted by Crippen LogP contribution is -2.55. The normalized spacial score (nSPS) is 18.3. The summed E-state index contributed by atoms with van der Waals surface area (Å²) in [4.78, 5) is 66.8. The van der Waals surface area contributed by atoms with Crippen molar-refractivity contribution < 1.29 is 33.4 Å². The van der Waals surface area contributed by atoms with Gasteiger partial charge in [0.05, 0.1) is 43.7 Å². The first kappa shape index (κ1) is 44.5. The summed E-state index contributed by atoms with van der Waals surface area (Å²) in [5.74, 6) is -1.20. The lowest BCUT2D eigenvalue weighted by molar-refractivity contribution is -0.148. The zero-order valence-corrected chi connectivity index (χ0v) is 33.9. The molecule has 294 valence electrons. The van der Waals surface area contributed by atoms with Gasteiger partial charge in [-0.3, -0.25) is 14.4 Å². The fourth-order valence-electron chi connectivity index (χ4n) is 7.25. The molecule has 0 bridgehead atoms. The van der Waals surface area contributed by atoms with E-state index in [1.54, 1.807) is 38.0 Å². The zero-order chi connectivity index (χ0) is 39.3. The highest BCUT2D eigenvalue weighted by Gasteiger charge is 2.43. The van der Waals surface area contributed by atoms with E-state index in [4.69, 9.17) is 19.2 Å². The Kier molecular flexibility index (Phi) is 18.0. The van der Waals surface area contributed by atoms with Crippen LogP contribution >= 0.6 is 0 Å². The van der Waals surface area contributed by atoms with Gasteiger partial charge in [0.25, 0.3) is 0 Å². The molecule has 1 N–H and O–H groups in total. The van der Waals surface area contributed by atoms with Gasteiger partial charge in [-0.25, -0.2) is 9.79 Å². The number of benzene rings is 1. The molecule has 1 aliphatic rings. The third-order valence-electron chi connectivity index (χ3n) is 10.3. The minimum absolute atomic E-state index is 0.0223. The minimum Gasteiger partial charge on any atom is -0.467 e. The second-order valence-corrected chi connectivity index (χ2v) is 14.8. The van der Waals surface area contributed by atoms with Crippen LogP contribution in [0.2, 0.25) is 0 Å². The number of hydrogen-bond acceptors (Lipinski definition) is 8. The number of esters is 1. The maximum Gasteiger partial charge on any atom is 0.328 e. The van der Waals surface area contributed by atoms with Crippen LogP contribution in [-0.2, 0) is 39.8 Å². The van der Waals surface area contributed by atoms with Crippen molar-refractivity contribution in [3.8, 4) is 0 Å². The number of nitrogens with one attached hydrogen (secondary N) is 1. The minimum atomic E-state index is -0.876. The lowest BCUT2D eigenvalue weighted by Gasteiger charge is -2.40. The van der Waals surface area contributed by atoms with Crippen molar-refractivity contribution in [2.24, 2.45) is 22.7 Å². The van der Waals surface area contributed by atoms with Crippen LogP contribution in [0.3, 0.4) is 0 Å². The van der Waals surface area contributed by atoms with Crippen LogP contribution in [0.4, 0.5) is 0 Å². The van der Waals surface area contributed by atoms with Crippen molar-refractivity contribution in [2.75, 3.05) is 63.1 Å². The Balaban J connectivity index is 2.31. The molecule has 1 fully saturated rings. The first-order valence-electron chi connectivity index (χ1n) is 18.5. The van der Waals surface area contributed by atoms with E-state index in [-0.39, 0.29) is 48.4 Å². The second kappa shape index (κ2) is 21.1. The molecule has 1 aromatic rings. The number of methoxy groups -OCH3 is 3. The van der Waals surface area contributed by atoms with Gasteiger partial charge in [0, 0.05) is 62.4 Å². The van der Waals surface area contributed by atoms with Gasteiger partial charge >= 0.3 is 5.97 Å². The highest BCUT2D eigenvalue weighted by atomic mass is 16.5.